The lowest BCUT2D eigenvalue weighted by Crippen LogP contribution is -2.44. The van der Waals surface area contributed by atoms with Crippen LogP contribution in [0.4, 0.5) is 14.9 Å². The van der Waals surface area contributed by atoms with Gasteiger partial charge in [-0.2, -0.15) is 0 Å². The fourth-order valence-electron chi connectivity index (χ4n) is 2.39. The number of halogens is 3. The second-order valence-electron chi connectivity index (χ2n) is 4.92. The smallest absolute Gasteiger partial charge is 0.326 e. The molecule has 8 heteroatoms. The first kappa shape index (κ1) is 16.0. The second-order valence-corrected chi connectivity index (χ2v) is 6.18. The van der Waals surface area contributed by atoms with Gasteiger partial charge >= 0.3 is 12.0 Å². The molecule has 2 atom stereocenters. The first-order valence-electron chi connectivity index (χ1n) is 6.26. The first-order chi connectivity index (χ1) is 9.81. The molecule has 1 saturated heterocycles. The number of carboxylic acids is 1. The number of nitrogens with zero attached hydrogens (tertiary/aromatic N) is 1. The van der Waals surface area contributed by atoms with Crippen LogP contribution >= 0.6 is 27.5 Å². The first-order valence-corrected chi connectivity index (χ1v) is 7.43. The molecule has 5 nitrogen and oxygen atoms in total. The average molecular weight is 380 g/mol. The van der Waals surface area contributed by atoms with Gasteiger partial charge in [0.25, 0.3) is 0 Å². The Hall–Kier alpha value is -1.34. The van der Waals surface area contributed by atoms with Crippen LogP contribution in [0.25, 0.3) is 0 Å². The molecule has 1 fully saturated rings. The van der Waals surface area contributed by atoms with E-state index in [4.69, 9.17) is 11.6 Å². The number of aliphatic carboxylic acids is 1. The summed E-state index contributed by atoms with van der Waals surface area (Å²) in [6.45, 7) is 2.13. The summed E-state index contributed by atoms with van der Waals surface area (Å²) in [6.07, 6.45) is 0.614. The number of urea groups is 1. The highest BCUT2D eigenvalue weighted by Crippen LogP contribution is 2.33. The van der Waals surface area contributed by atoms with Crippen molar-refractivity contribution >= 4 is 45.2 Å². The summed E-state index contributed by atoms with van der Waals surface area (Å²) < 4.78 is 13.4. The van der Waals surface area contributed by atoms with E-state index in [1.54, 1.807) is 6.92 Å². The molecule has 1 aliphatic rings. The lowest BCUT2D eigenvalue weighted by Gasteiger charge is -2.24. The maximum Gasteiger partial charge on any atom is 0.326 e. The third-order valence-corrected chi connectivity index (χ3v) is 4.38. The topological polar surface area (TPSA) is 69.6 Å². The molecular weight excluding hydrogens is 367 g/mol. The minimum absolute atomic E-state index is 0.0364. The summed E-state index contributed by atoms with van der Waals surface area (Å²) in [5, 5.41) is 11.8. The fraction of sp³-hybridized carbons (Fsp3) is 0.385. The molecule has 0 radical (unpaired) electrons. The predicted octanol–water partition coefficient (Wildman–Crippen LogP) is 3.57. The van der Waals surface area contributed by atoms with E-state index >= 15 is 0 Å². The summed E-state index contributed by atoms with van der Waals surface area (Å²) in [4.78, 5) is 24.7. The summed E-state index contributed by atoms with van der Waals surface area (Å²) >= 11 is 9.01. The lowest BCUT2D eigenvalue weighted by molar-refractivity contribution is -0.142. The van der Waals surface area contributed by atoms with E-state index in [0.717, 1.165) is 6.07 Å². The van der Waals surface area contributed by atoms with Crippen LogP contribution in [0.2, 0.25) is 5.02 Å². The van der Waals surface area contributed by atoms with Crippen LogP contribution in [0.3, 0.4) is 0 Å². The van der Waals surface area contributed by atoms with Gasteiger partial charge in [0.15, 0.2) is 0 Å². The average Bonchev–Trinajstić information content (AvgIpc) is 2.75. The van der Waals surface area contributed by atoms with Crippen molar-refractivity contribution in [2.45, 2.75) is 19.4 Å². The van der Waals surface area contributed by atoms with Gasteiger partial charge in [-0.1, -0.05) is 18.5 Å². The molecule has 0 aliphatic carbocycles. The number of carbonyl (C=O) groups is 2. The van der Waals surface area contributed by atoms with Crippen molar-refractivity contribution in [3.8, 4) is 0 Å². The molecule has 1 aromatic rings. The number of carbonyl (C=O) groups excluding carboxylic acids is 1. The monoisotopic (exact) mass is 378 g/mol. The van der Waals surface area contributed by atoms with Crippen LogP contribution in [-0.4, -0.2) is 34.6 Å². The van der Waals surface area contributed by atoms with Crippen LogP contribution in [0, 0.1) is 11.7 Å². The van der Waals surface area contributed by atoms with Gasteiger partial charge in [0.2, 0.25) is 0 Å². The second kappa shape index (κ2) is 6.19. The number of anilines is 1. The fourth-order valence-corrected chi connectivity index (χ4v) is 3.29. The summed E-state index contributed by atoms with van der Waals surface area (Å²) in [7, 11) is 0. The van der Waals surface area contributed by atoms with Crippen molar-refractivity contribution < 1.29 is 19.1 Å². The van der Waals surface area contributed by atoms with Crippen LogP contribution in [0.1, 0.15) is 13.3 Å². The molecule has 21 heavy (non-hydrogen) atoms. The number of likely N-dealkylation sites (tertiary alicyclic amines) is 1. The summed E-state index contributed by atoms with van der Waals surface area (Å²) in [5.41, 5.74) is 0.215. The predicted molar refractivity (Wildman–Crippen MR) is 80.0 cm³/mol. The quantitative estimate of drug-likeness (QED) is 0.825. The molecule has 1 aromatic carbocycles. The molecule has 0 spiro atoms. The van der Waals surface area contributed by atoms with Gasteiger partial charge in [-0.3, -0.25) is 0 Å². The van der Waals surface area contributed by atoms with Gasteiger partial charge in [-0.15, -0.1) is 0 Å². The largest absolute Gasteiger partial charge is 0.480 e. The van der Waals surface area contributed by atoms with Crippen LogP contribution in [0.15, 0.2) is 16.6 Å². The van der Waals surface area contributed by atoms with E-state index in [1.165, 1.54) is 11.0 Å². The molecule has 0 aromatic heterocycles. The van der Waals surface area contributed by atoms with E-state index in [-0.39, 0.29) is 16.6 Å². The zero-order valence-corrected chi connectivity index (χ0v) is 13.4. The Labute approximate surface area is 134 Å². The molecule has 0 saturated carbocycles. The number of carboxylic acid groups (broad SMARTS) is 1. The van der Waals surface area contributed by atoms with Crippen molar-refractivity contribution in [2.24, 2.45) is 5.92 Å². The number of hydrogen-bond donors (Lipinski definition) is 2. The summed E-state index contributed by atoms with van der Waals surface area (Å²) in [5.74, 6) is -1.71. The number of rotatable bonds is 2. The molecule has 2 N–H and O–H groups in total. The zero-order valence-electron chi connectivity index (χ0n) is 11.1. The third kappa shape index (κ3) is 3.29. The van der Waals surface area contributed by atoms with Gasteiger partial charge in [0.05, 0.1) is 10.7 Å². The number of nitrogens with one attached hydrogen (secondary N) is 1. The highest BCUT2D eigenvalue weighted by atomic mass is 79.9. The molecule has 1 aliphatic heterocycles. The van der Waals surface area contributed by atoms with E-state index in [2.05, 4.69) is 21.2 Å². The minimum Gasteiger partial charge on any atom is -0.480 e. The minimum atomic E-state index is -1.04. The van der Waals surface area contributed by atoms with Gasteiger partial charge in [-0.25, -0.2) is 14.0 Å². The maximum absolute atomic E-state index is 13.2. The van der Waals surface area contributed by atoms with E-state index in [0.29, 0.717) is 17.4 Å². The maximum atomic E-state index is 13.2. The highest BCUT2D eigenvalue weighted by molar-refractivity contribution is 9.10. The summed E-state index contributed by atoms with van der Waals surface area (Å²) in [6, 6.07) is 0.801. The van der Waals surface area contributed by atoms with Crippen LogP contribution in [-0.2, 0) is 4.79 Å². The molecule has 2 unspecified atom stereocenters. The number of amides is 2. The van der Waals surface area contributed by atoms with Crippen molar-refractivity contribution in [1.29, 1.82) is 0 Å². The molecule has 1 heterocycles. The standard InChI is InChI=1S/C13H13BrClFN2O3/c1-6-2-3-18(11(6)12(19)20)13(21)17-10-8(14)4-7(16)5-9(10)15/h4-6,11H,2-3H2,1H3,(H,17,21)(H,19,20). The molecular formula is C13H13BrClFN2O3. The number of benzene rings is 1. The van der Waals surface area contributed by atoms with Crippen molar-refractivity contribution in [2.75, 3.05) is 11.9 Å². The molecule has 2 amide bonds. The molecule has 0 bridgehead atoms. The van der Waals surface area contributed by atoms with Crippen molar-refractivity contribution in [3.63, 3.8) is 0 Å². The van der Waals surface area contributed by atoms with E-state index < -0.39 is 23.9 Å². The Bertz CT molecular complexity index is 576. The highest BCUT2D eigenvalue weighted by Gasteiger charge is 2.39. The SMILES string of the molecule is CC1CCN(C(=O)Nc2c(Cl)cc(F)cc2Br)C1C(=O)O. The third-order valence-electron chi connectivity index (χ3n) is 3.45. The van der Waals surface area contributed by atoms with Gasteiger partial charge in [-0.05, 0) is 40.4 Å². The van der Waals surface area contributed by atoms with Crippen LogP contribution < -0.4 is 5.32 Å². The van der Waals surface area contributed by atoms with Crippen molar-refractivity contribution in [1.82, 2.24) is 4.90 Å². The lowest BCUT2D eigenvalue weighted by atomic mass is 10.0. The van der Waals surface area contributed by atoms with Gasteiger partial charge in [0.1, 0.15) is 11.9 Å². The molecule has 114 valence electrons. The number of hydrogen-bond acceptors (Lipinski definition) is 2. The van der Waals surface area contributed by atoms with E-state index in [1.807, 2.05) is 0 Å². The zero-order chi connectivity index (χ0) is 15.7. The Kier molecular flexibility index (Phi) is 4.73. The van der Waals surface area contributed by atoms with Crippen molar-refractivity contribution in [3.05, 3.63) is 27.4 Å². The van der Waals surface area contributed by atoms with E-state index in [9.17, 15) is 19.1 Å². The van der Waals surface area contributed by atoms with Gasteiger partial charge < -0.3 is 15.3 Å². The molecule has 2 rings (SSSR count). The van der Waals surface area contributed by atoms with Gasteiger partial charge in [0, 0.05) is 11.0 Å². The Balaban J connectivity index is 2.21. The Morgan fingerprint density at radius 1 is 1.52 bits per heavy atom. The Morgan fingerprint density at radius 2 is 2.19 bits per heavy atom. The Morgan fingerprint density at radius 3 is 2.76 bits per heavy atom. The van der Waals surface area contributed by atoms with Crippen LogP contribution in [0.5, 0.6) is 0 Å². The normalized spacial score (nSPS) is 21.4.